The minimum atomic E-state index is -0.147. The Labute approximate surface area is 73.0 Å². The SMILES string of the molecule is OC1CN([C@@H]2CCCC[C@H]2O)C1. The van der Waals surface area contributed by atoms with Gasteiger partial charge in [0.25, 0.3) is 0 Å². The highest BCUT2D eigenvalue weighted by molar-refractivity contribution is 4.90. The largest absolute Gasteiger partial charge is 0.391 e. The molecule has 12 heavy (non-hydrogen) atoms. The van der Waals surface area contributed by atoms with E-state index >= 15 is 0 Å². The molecule has 70 valence electrons. The van der Waals surface area contributed by atoms with Gasteiger partial charge in [-0.1, -0.05) is 12.8 Å². The second-order valence-electron chi connectivity index (χ2n) is 4.03. The van der Waals surface area contributed by atoms with Gasteiger partial charge in [0.05, 0.1) is 12.2 Å². The molecule has 0 aromatic rings. The Kier molecular flexibility index (Phi) is 2.35. The zero-order chi connectivity index (χ0) is 8.55. The van der Waals surface area contributed by atoms with E-state index in [0.717, 1.165) is 32.4 Å². The summed E-state index contributed by atoms with van der Waals surface area (Å²) in [5.74, 6) is 0. The van der Waals surface area contributed by atoms with Crippen molar-refractivity contribution in [2.24, 2.45) is 0 Å². The van der Waals surface area contributed by atoms with Crippen LogP contribution >= 0.6 is 0 Å². The van der Waals surface area contributed by atoms with Crippen molar-refractivity contribution in [2.45, 2.75) is 43.9 Å². The van der Waals surface area contributed by atoms with Crippen molar-refractivity contribution < 1.29 is 10.2 Å². The maximum atomic E-state index is 9.67. The molecule has 2 aliphatic rings. The topological polar surface area (TPSA) is 43.7 Å². The Balaban J connectivity index is 1.85. The number of rotatable bonds is 1. The van der Waals surface area contributed by atoms with Crippen molar-refractivity contribution in [1.82, 2.24) is 4.90 Å². The van der Waals surface area contributed by atoms with Gasteiger partial charge in [-0.05, 0) is 12.8 Å². The molecule has 1 saturated heterocycles. The molecule has 2 rings (SSSR count). The molecule has 1 heterocycles. The van der Waals surface area contributed by atoms with E-state index in [1.54, 1.807) is 0 Å². The lowest BCUT2D eigenvalue weighted by Gasteiger charge is -2.45. The van der Waals surface area contributed by atoms with Crippen molar-refractivity contribution in [3.8, 4) is 0 Å². The van der Waals surface area contributed by atoms with E-state index in [0.29, 0.717) is 6.04 Å². The fourth-order valence-corrected chi connectivity index (χ4v) is 2.28. The molecule has 1 aliphatic heterocycles. The molecular formula is C9H17NO2. The monoisotopic (exact) mass is 171 g/mol. The van der Waals surface area contributed by atoms with Crippen molar-refractivity contribution in [2.75, 3.05) is 13.1 Å². The van der Waals surface area contributed by atoms with Crippen molar-refractivity contribution in [3.05, 3.63) is 0 Å². The van der Waals surface area contributed by atoms with E-state index in [-0.39, 0.29) is 12.2 Å². The number of likely N-dealkylation sites (tertiary alicyclic amines) is 1. The summed E-state index contributed by atoms with van der Waals surface area (Å²) in [5.41, 5.74) is 0. The first-order chi connectivity index (χ1) is 5.77. The summed E-state index contributed by atoms with van der Waals surface area (Å²) in [4.78, 5) is 2.20. The Bertz CT molecular complexity index is 157. The Morgan fingerprint density at radius 2 is 1.67 bits per heavy atom. The number of hydrogen-bond donors (Lipinski definition) is 2. The lowest BCUT2D eigenvalue weighted by Crippen LogP contribution is -2.59. The minimum Gasteiger partial charge on any atom is -0.391 e. The smallest absolute Gasteiger partial charge is 0.0794 e. The van der Waals surface area contributed by atoms with Crippen LogP contribution in [0, 0.1) is 0 Å². The van der Waals surface area contributed by atoms with Gasteiger partial charge in [-0.3, -0.25) is 4.90 Å². The van der Waals surface area contributed by atoms with Crippen LogP contribution in [0.3, 0.4) is 0 Å². The number of hydrogen-bond acceptors (Lipinski definition) is 3. The van der Waals surface area contributed by atoms with Crippen LogP contribution in [0.15, 0.2) is 0 Å². The number of aliphatic hydroxyl groups is 2. The molecule has 3 heteroatoms. The highest BCUT2D eigenvalue weighted by Crippen LogP contribution is 2.26. The van der Waals surface area contributed by atoms with E-state index in [2.05, 4.69) is 4.90 Å². The van der Waals surface area contributed by atoms with E-state index in [9.17, 15) is 5.11 Å². The molecule has 2 atom stereocenters. The van der Waals surface area contributed by atoms with Gasteiger partial charge in [-0.15, -0.1) is 0 Å². The van der Waals surface area contributed by atoms with Gasteiger partial charge in [0.15, 0.2) is 0 Å². The van der Waals surface area contributed by atoms with Crippen LogP contribution in [0.1, 0.15) is 25.7 Å². The summed E-state index contributed by atoms with van der Waals surface area (Å²) < 4.78 is 0. The first-order valence-electron chi connectivity index (χ1n) is 4.87. The molecule has 1 aliphatic carbocycles. The van der Waals surface area contributed by atoms with Gasteiger partial charge < -0.3 is 10.2 Å². The first-order valence-corrected chi connectivity index (χ1v) is 4.87. The molecule has 0 aromatic carbocycles. The molecule has 2 N–H and O–H groups in total. The van der Waals surface area contributed by atoms with Gasteiger partial charge in [0.1, 0.15) is 0 Å². The van der Waals surface area contributed by atoms with Gasteiger partial charge in [0.2, 0.25) is 0 Å². The standard InChI is InChI=1S/C9H17NO2/c11-7-5-10(6-7)8-3-1-2-4-9(8)12/h7-9,11-12H,1-6H2/t8-,9-/m1/s1. The van der Waals surface area contributed by atoms with E-state index in [1.165, 1.54) is 6.42 Å². The summed E-state index contributed by atoms with van der Waals surface area (Å²) >= 11 is 0. The molecular weight excluding hydrogens is 154 g/mol. The van der Waals surface area contributed by atoms with Gasteiger partial charge >= 0.3 is 0 Å². The van der Waals surface area contributed by atoms with Crippen LogP contribution in [-0.4, -0.2) is 46.5 Å². The average molecular weight is 171 g/mol. The van der Waals surface area contributed by atoms with Gasteiger partial charge in [-0.25, -0.2) is 0 Å². The van der Waals surface area contributed by atoms with E-state index in [1.807, 2.05) is 0 Å². The number of aliphatic hydroxyl groups excluding tert-OH is 2. The summed E-state index contributed by atoms with van der Waals surface area (Å²) in [7, 11) is 0. The third kappa shape index (κ3) is 1.49. The van der Waals surface area contributed by atoms with Gasteiger partial charge in [0, 0.05) is 19.1 Å². The average Bonchev–Trinajstić information content (AvgIpc) is 2.01. The lowest BCUT2D eigenvalue weighted by atomic mass is 9.89. The quantitative estimate of drug-likeness (QED) is 0.582. The zero-order valence-electron chi connectivity index (χ0n) is 7.32. The summed E-state index contributed by atoms with van der Waals surface area (Å²) in [6.07, 6.45) is 4.15. The summed E-state index contributed by atoms with van der Waals surface area (Å²) in [6.45, 7) is 1.53. The maximum absolute atomic E-state index is 9.67. The summed E-state index contributed by atoms with van der Waals surface area (Å²) in [5, 5.41) is 18.8. The van der Waals surface area contributed by atoms with Gasteiger partial charge in [-0.2, -0.15) is 0 Å². The van der Waals surface area contributed by atoms with E-state index < -0.39 is 0 Å². The molecule has 0 radical (unpaired) electrons. The Morgan fingerprint density at radius 1 is 1.00 bits per heavy atom. The first kappa shape index (κ1) is 8.48. The highest BCUT2D eigenvalue weighted by atomic mass is 16.3. The third-order valence-corrected chi connectivity index (χ3v) is 3.05. The predicted molar refractivity (Wildman–Crippen MR) is 45.8 cm³/mol. The van der Waals surface area contributed by atoms with Crippen molar-refractivity contribution in [1.29, 1.82) is 0 Å². The Morgan fingerprint density at radius 3 is 2.25 bits per heavy atom. The third-order valence-electron chi connectivity index (χ3n) is 3.05. The van der Waals surface area contributed by atoms with Crippen molar-refractivity contribution >= 4 is 0 Å². The minimum absolute atomic E-state index is 0.140. The van der Waals surface area contributed by atoms with Crippen LogP contribution in [0.5, 0.6) is 0 Å². The van der Waals surface area contributed by atoms with Crippen LogP contribution in [0.4, 0.5) is 0 Å². The number of nitrogens with zero attached hydrogens (tertiary/aromatic N) is 1. The molecule has 0 spiro atoms. The zero-order valence-corrected chi connectivity index (χ0v) is 7.32. The fraction of sp³-hybridized carbons (Fsp3) is 1.00. The summed E-state index contributed by atoms with van der Waals surface area (Å²) in [6, 6.07) is 0.335. The normalized spacial score (nSPS) is 39.5. The second-order valence-corrected chi connectivity index (χ2v) is 4.03. The second kappa shape index (κ2) is 3.32. The number of β-amino-alcohol motifs (C(OH)–C–C–N with tert-alkyl or cyclic N) is 1. The van der Waals surface area contributed by atoms with Crippen molar-refractivity contribution in [3.63, 3.8) is 0 Å². The molecule has 1 saturated carbocycles. The molecule has 2 fully saturated rings. The van der Waals surface area contributed by atoms with Crippen LogP contribution in [-0.2, 0) is 0 Å². The van der Waals surface area contributed by atoms with Crippen LogP contribution in [0.25, 0.3) is 0 Å². The molecule has 3 nitrogen and oxygen atoms in total. The van der Waals surface area contributed by atoms with Crippen LogP contribution in [0.2, 0.25) is 0 Å². The highest BCUT2D eigenvalue weighted by Gasteiger charge is 2.35. The lowest BCUT2D eigenvalue weighted by molar-refractivity contribution is -0.0720. The molecule has 0 bridgehead atoms. The Hall–Kier alpha value is -0.120. The maximum Gasteiger partial charge on any atom is 0.0794 e. The molecule has 0 aromatic heterocycles. The van der Waals surface area contributed by atoms with E-state index in [4.69, 9.17) is 5.11 Å². The molecule has 0 unspecified atom stereocenters. The fourth-order valence-electron chi connectivity index (χ4n) is 2.28. The predicted octanol–water partition coefficient (Wildman–Crippen LogP) is -0.0336. The van der Waals surface area contributed by atoms with Crippen LogP contribution < -0.4 is 0 Å². The molecule has 0 amide bonds.